The van der Waals surface area contributed by atoms with E-state index in [4.69, 9.17) is 24.3 Å². The molecule has 0 saturated carbocycles. The van der Waals surface area contributed by atoms with E-state index in [0.717, 1.165) is 35.2 Å². The summed E-state index contributed by atoms with van der Waals surface area (Å²) in [5.41, 5.74) is 12.0. The molecule has 0 atom stereocenters. The summed E-state index contributed by atoms with van der Waals surface area (Å²) in [5, 5.41) is 0. The van der Waals surface area contributed by atoms with Crippen LogP contribution < -0.4 is 0 Å². The second-order valence-electron chi connectivity index (χ2n) is 5.93. The van der Waals surface area contributed by atoms with Crippen LogP contribution in [0.5, 0.6) is 0 Å². The summed E-state index contributed by atoms with van der Waals surface area (Å²) in [5.74, 6) is -0.432. The van der Waals surface area contributed by atoms with Gasteiger partial charge in [-0.3, -0.25) is 0 Å². The average molecular weight is 457 g/mol. The van der Waals surface area contributed by atoms with Gasteiger partial charge >= 0.3 is 35.6 Å². The summed E-state index contributed by atoms with van der Waals surface area (Å²) >= 11 is -0.556. The monoisotopic (exact) mass is 456 g/mol. The molecule has 6 heteroatoms. The molecule has 0 fully saturated rings. The largest absolute Gasteiger partial charge is 0.179 e. The molecule has 0 heterocycles. The summed E-state index contributed by atoms with van der Waals surface area (Å²) in [6.07, 6.45) is 4.57. The van der Waals surface area contributed by atoms with E-state index in [0.29, 0.717) is 6.42 Å². The number of hydrogen-bond donors (Lipinski definition) is 0. The van der Waals surface area contributed by atoms with Gasteiger partial charge < -0.3 is 10.5 Å². The van der Waals surface area contributed by atoms with Gasteiger partial charge in [-0.2, -0.15) is 29.8 Å². The van der Waals surface area contributed by atoms with Crippen LogP contribution in [0.1, 0.15) is 43.7 Å². The number of benzene rings is 2. The van der Waals surface area contributed by atoms with Crippen LogP contribution in [0.15, 0.2) is 42.5 Å². The molecule has 0 aliphatic heterocycles. The Balaban J connectivity index is 0.000000418. The molecule has 0 bridgehead atoms. The third kappa shape index (κ3) is 11.8. The number of rotatable bonds is 4. The Hall–Kier alpha value is -0.579. The van der Waals surface area contributed by atoms with Crippen molar-refractivity contribution in [2.45, 2.75) is 52.1 Å². The normalized spacial score (nSPS) is 9.81. The van der Waals surface area contributed by atoms with Gasteiger partial charge in [-0.05, 0) is 19.3 Å². The minimum Gasteiger partial charge on any atom is -0.179 e. The molecular weight excluding hydrogens is 429 g/mol. The maximum absolute atomic E-state index is 9.99. The van der Waals surface area contributed by atoms with Gasteiger partial charge in [-0.15, -0.1) is 5.56 Å². The van der Waals surface area contributed by atoms with Crippen molar-refractivity contribution in [3.63, 3.8) is 0 Å². The first-order valence-electron chi connectivity index (χ1n) is 9.08. The van der Waals surface area contributed by atoms with Crippen LogP contribution in [0.2, 0.25) is 13.1 Å². The molecule has 0 unspecified atom stereocenters. The first kappa shape index (κ1) is 26.4. The van der Waals surface area contributed by atoms with E-state index >= 15 is 0 Å². The van der Waals surface area contributed by atoms with Gasteiger partial charge in [0.05, 0.1) is 0 Å². The number of fused-ring (bicyclic) bond motifs is 3. The Morgan fingerprint density at radius 3 is 2.33 bits per heavy atom. The van der Waals surface area contributed by atoms with Crippen molar-refractivity contribution in [1.82, 2.24) is 0 Å². The second kappa shape index (κ2) is 17.5. The number of unbranched alkanes of at least 4 members (excludes halogenated alkanes) is 2. The fourth-order valence-corrected chi connectivity index (χ4v) is 2.53. The van der Waals surface area contributed by atoms with Crippen molar-refractivity contribution in [3.8, 4) is 11.1 Å². The van der Waals surface area contributed by atoms with Crippen LogP contribution in [0.3, 0.4) is 0 Å². The third-order valence-corrected chi connectivity index (χ3v) is 3.62. The average Bonchev–Trinajstić information content (AvgIpc) is 3.02. The van der Waals surface area contributed by atoms with Crippen LogP contribution in [0, 0.1) is 6.07 Å². The van der Waals surface area contributed by atoms with Crippen LogP contribution in [-0.2, 0) is 28.2 Å². The van der Waals surface area contributed by atoms with E-state index in [1.807, 2.05) is 6.07 Å². The van der Waals surface area contributed by atoms with Crippen molar-refractivity contribution in [1.29, 1.82) is 0 Å². The zero-order chi connectivity index (χ0) is 20.5. The number of carbonyl (C=O) groups excluding carboxylic acids is 1. The van der Waals surface area contributed by atoms with Gasteiger partial charge in [0.15, 0.2) is 0 Å². The maximum Gasteiger partial charge on any atom is -0.0253 e. The summed E-state index contributed by atoms with van der Waals surface area (Å²) in [4.78, 5) is 9.99. The van der Waals surface area contributed by atoms with Gasteiger partial charge in [-0.1, -0.05) is 68.3 Å². The first-order valence-corrected chi connectivity index (χ1v) is 15.7. The number of carbonyl (C=O) groups is 1. The van der Waals surface area contributed by atoms with Crippen molar-refractivity contribution >= 4 is 34.0 Å². The van der Waals surface area contributed by atoms with Crippen molar-refractivity contribution < 1.29 is 21.8 Å². The van der Waals surface area contributed by atoms with Crippen LogP contribution in [-0.4, -0.2) is 15.4 Å². The second-order valence-corrected chi connectivity index (χ2v) is 9.66. The molecule has 2 aromatic carbocycles. The molecule has 1 N–H and O–H groups in total. The van der Waals surface area contributed by atoms with E-state index in [1.165, 1.54) is 22.3 Å². The van der Waals surface area contributed by atoms with Crippen molar-refractivity contribution in [3.05, 3.63) is 65.4 Å². The summed E-state index contributed by atoms with van der Waals surface area (Å²) in [6.45, 7) is 6.49. The smallest absolute Gasteiger partial charge is 0.0253 e. The standard InChI is InChI=1S/C13H9.C6H13NO.C2H7Si.2ClH.Ti/c1-3-7-12-10(5-1)9-11-6-2-4-8-13(11)12;1-2-3-4-5-6(7)8;1-3-2;;;/h1-5,7-8H,9H2;2-5H2,1H3,(H2,7,8);3H,1-2H3;2*1H;/q-1;;;;;+2/p-3. The summed E-state index contributed by atoms with van der Waals surface area (Å²) in [6, 6.07) is 18.1. The molecule has 1 amide bonds. The predicted molar refractivity (Wildman–Crippen MR) is 118 cm³/mol. The number of hydrogen-bond acceptors (Lipinski definition) is 1. The molecule has 0 saturated heterocycles. The minimum atomic E-state index is -0.556. The Morgan fingerprint density at radius 1 is 1.15 bits per heavy atom. The number of halogens is 2. The van der Waals surface area contributed by atoms with Crippen LogP contribution >= 0.6 is 18.6 Å². The third-order valence-electron chi connectivity index (χ3n) is 3.62. The predicted octanol–water partition coefficient (Wildman–Crippen LogP) is 7.10. The van der Waals surface area contributed by atoms with Gasteiger partial charge in [0, 0.05) is 15.4 Å². The molecule has 1 aliphatic carbocycles. The quantitative estimate of drug-likeness (QED) is 0.234. The molecule has 2 aromatic rings. The SMILES string of the molecule is CCCCCC([NH-])=O.C[SiH]C.[Cl][Ti][Cl].[c-]1cccc2c1Cc1ccccc1-2. The van der Waals surface area contributed by atoms with E-state index in [2.05, 4.69) is 62.5 Å². The molecule has 1 aliphatic rings. The van der Waals surface area contributed by atoms with Gasteiger partial charge in [-0.25, -0.2) is 0 Å². The molecule has 2 nitrogen and oxygen atoms in total. The minimum absolute atomic E-state index is 0.432. The molecule has 3 rings (SSSR count). The van der Waals surface area contributed by atoms with Gasteiger partial charge in [0.2, 0.25) is 0 Å². The number of nitrogens with one attached hydrogen (secondary N) is 1. The molecular formula is C21H28Cl2NOSiTi-2. The number of amides is 1. The Labute approximate surface area is 183 Å². The van der Waals surface area contributed by atoms with Gasteiger partial charge in [0.1, 0.15) is 0 Å². The van der Waals surface area contributed by atoms with Crippen LogP contribution in [0.25, 0.3) is 16.9 Å². The molecule has 1 radical (unpaired) electrons. The van der Waals surface area contributed by atoms with E-state index in [1.54, 1.807) is 0 Å². The van der Waals surface area contributed by atoms with E-state index < -0.39 is 22.9 Å². The summed E-state index contributed by atoms with van der Waals surface area (Å²) in [7, 11) is 10.5. The molecule has 0 aromatic heterocycles. The van der Waals surface area contributed by atoms with E-state index in [-0.39, 0.29) is 0 Å². The maximum atomic E-state index is 9.99. The van der Waals surface area contributed by atoms with Crippen LogP contribution in [0.4, 0.5) is 0 Å². The zero-order valence-electron chi connectivity index (χ0n) is 16.3. The molecule has 0 spiro atoms. The first-order chi connectivity index (χ1) is 13.0. The van der Waals surface area contributed by atoms with Crippen molar-refractivity contribution in [2.24, 2.45) is 0 Å². The Kier molecular flexibility index (Phi) is 17.1. The van der Waals surface area contributed by atoms with Gasteiger partial charge in [0.25, 0.3) is 0 Å². The zero-order valence-corrected chi connectivity index (χ0v) is 20.5. The Morgan fingerprint density at radius 2 is 1.74 bits per heavy atom. The molecule has 147 valence electrons. The van der Waals surface area contributed by atoms with E-state index in [9.17, 15) is 4.79 Å². The van der Waals surface area contributed by atoms with Crippen molar-refractivity contribution in [2.75, 3.05) is 0 Å². The molecule has 27 heavy (non-hydrogen) atoms. The fourth-order valence-electron chi connectivity index (χ4n) is 2.53. The fraction of sp³-hybridized carbons (Fsp3) is 0.381. The Bertz CT molecular complexity index is 610. The topological polar surface area (TPSA) is 40.9 Å². The summed E-state index contributed by atoms with van der Waals surface area (Å²) < 4.78 is 0.